The third kappa shape index (κ3) is 4.57. The van der Waals surface area contributed by atoms with Gasteiger partial charge in [-0.1, -0.05) is 12.1 Å². The molecule has 0 spiro atoms. The van der Waals surface area contributed by atoms with Crippen LogP contribution in [0.1, 0.15) is 45.9 Å². The molecule has 3 heterocycles. The van der Waals surface area contributed by atoms with E-state index in [-0.39, 0.29) is 30.7 Å². The van der Waals surface area contributed by atoms with E-state index < -0.39 is 18.1 Å². The van der Waals surface area contributed by atoms with Gasteiger partial charge in [0, 0.05) is 60.9 Å². The number of fused-ring (bicyclic) bond motifs is 1. The Kier molecular flexibility index (Phi) is 6.46. The van der Waals surface area contributed by atoms with E-state index in [0.717, 1.165) is 39.8 Å². The van der Waals surface area contributed by atoms with Gasteiger partial charge in [0.2, 0.25) is 0 Å². The third-order valence-corrected chi connectivity index (χ3v) is 7.81. The van der Waals surface area contributed by atoms with Gasteiger partial charge >= 0.3 is 12.1 Å². The smallest absolute Gasteiger partial charge is 0.394 e. The van der Waals surface area contributed by atoms with Crippen LogP contribution in [0.15, 0.2) is 42.6 Å². The molecule has 0 aliphatic carbocycles. The summed E-state index contributed by atoms with van der Waals surface area (Å²) in [5.74, 6) is -1.43. The molecule has 2 aliphatic rings. The van der Waals surface area contributed by atoms with Crippen molar-refractivity contribution in [2.75, 3.05) is 26.7 Å². The van der Waals surface area contributed by atoms with Gasteiger partial charge in [-0.2, -0.15) is 13.2 Å². The number of carbonyl (C=O) groups is 1. The number of carboxylic acid groups (broad SMARTS) is 1. The highest BCUT2D eigenvalue weighted by molar-refractivity contribution is 5.88. The second-order valence-corrected chi connectivity index (χ2v) is 9.92. The number of H-pyrrole nitrogens is 1. The molecule has 0 amide bonds. The van der Waals surface area contributed by atoms with E-state index in [4.69, 9.17) is 4.74 Å². The normalized spacial score (nSPS) is 22.0. The minimum atomic E-state index is -4.15. The van der Waals surface area contributed by atoms with Crippen LogP contribution in [0.4, 0.5) is 13.2 Å². The van der Waals surface area contributed by atoms with E-state index in [1.54, 1.807) is 19.2 Å². The largest absolute Gasteiger partial charge is 0.496 e. The minimum absolute atomic E-state index is 0.0502. The highest BCUT2D eigenvalue weighted by Gasteiger charge is 2.49. The van der Waals surface area contributed by atoms with Gasteiger partial charge in [-0.05, 0) is 55.2 Å². The van der Waals surface area contributed by atoms with E-state index in [1.807, 2.05) is 42.3 Å². The Morgan fingerprint density at radius 1 is 1.19 bits per heavy atom. The second-order valence-electron chi connectivity index (χ2n) is 9.92. The first-order valence-corrected chi connectivity index (χ1v) is 12.2. The van der Waals surface area contributed by atoms with Crippen molar-refractivity contribution in [3.05, 3.63) is 64.8 Å². The monoisotopic (exact) mass is 501 g/mol. The van der Waals surface area contributed by atoms with Crippen LogP contribution in [-0.4, -0.2) is 64.8 Å². The first kappa shape index (κ1) is 24.6. The quantitative estimate of drug-likeness (QED) is 0.475. The lowest BCUT2D eigenvalue weighted by Gasteiger charge is -2.50. The van der Waals surface area contributed by atoms with Gasteiger partial charge in [-0.15, -0.1) is 0 Å². The number of hydrogen-bond donors (Lipinski definition) is 2. The SMILES string of the molecule is COc1cc(C)c2[nH]ccc2c1CN1CC[C@@H](N2CC(C(F)(F)F)C2)C[C@H]1c1ccc(C(=O)O)cc1. The zero-order valence-corrected chi connectivity index (χ0v) is 20.3. The van der Waals surface area contributed by atoms with Gasteiger partial charge in [0.05, 0.1) is 18.6 Å². The summed E-state index contributed by atoms with van der Waals surface area (Å²) >= 11 is 0. The van der Waals surface area contributed by atoms with Gasteiger partial charge in [0.25, 0.3) is 0 Å². The van der Waals surface area contributed by atoms with Crippen molar-refractivity contribution in [3.8, 4) is 5.75 Å². The lowest BCUT2D eigenvalue weighted by molar-refractivity contribution is -0.216. The van der Waals surface area contributed by atoms with Crippen LogP contribution in [0.3, 0.4) is 0 Å². The Balaban J connectivity index is 1.43. The predicted octanol–water partition coefficient (Wildman–Crippen LogP) is 5.38. The zero-order chi connectivity index (χ0) is 25.6. The number of carboxylic acids is 1. The number of nitrogens with one attached hydrogen (secondary N) is 1. The second kappa shape index (κ2) is 9.44. The fourth-order valence-corrected chi connectivity index (χ4v) is 5.71. The van der Waals surface area contributed by atoms with Gasteiger partial charge in [-0.25, -0.2) is 4.79 Å². The van der Waals surface area contributed by atoms with Crippen LogP contribution in [0, 0.1) is 12.8 Å². The number of benzene rings is 2. The Bertz CT molecular complexity index is 1250. The van der Waals surface area contributed by atoms with E-state index in [2.05, 4.69) is 9.88 Å². The van der Waals surface area contributed by atoms with Crippen molar-refractivity contribution in [1.82, 2.24) is 14.8 Å². The number of alkyl halides is 3. The summed E-state index contributed by atoms with van der Waals surface area (Å²) in [7, 11) is 1.66. The highest BCUT2D eigenvalue weighted by Crippen LogP contribution is 2.41. The number of aromatic carboxylic acids is 1. The highest BCUT2D eigenvalue weighted by atomic mass is 19.4. The maximum Gasteiger partial charge on any atom is 0.394 e. The minimum Gasteiger partial charge on any atom is -0.496 e. The summed E-state index contributed by atoms with van der Waals surface area (Å²) in [6, 6.07) is 10.9. The summed E-state index contributed by atoms with van der Waals surface area (Å²) in [5, 5.41) is 10.4. The predicted molar refractivity (Wildman–Crippen MR) is 130 cm³/mol. The van der Waals surface area contributed by atoms with Crippen molar-refractivity contribution in [3.63, 3.8) is 0 Å². The maximum atomic E-state index is 13.1. The van der Waals surface area contributed by atoms with Crippen LogP contribution in [0.25, 0.3) is 10.9 Å². The van der Waals surface area contributed by atoms with Gasteiger partial charge in [-0.3, -0.25) is 9.80 Å². The summed E-state index contributed by atoms with van der Waals surface area (Å²) in [6.07, 6.45) is -0.775. The molecule has 0 radical (unpaired) electrons. The topological polar surface area (TPSA) is 68.8 Å². The molecule has 2 saturated heterocycles. The molecule has 5 rings (SSSR count). The summed E-state index contributed by atoms with van der Waals surface area (Å²) < 4.78 is 45.0. The molecule has 2 atom stereocenters. The first-order chi connectivity index (χ1) is 17.2. The van der Waals surface area contributed by atoms with Crippen LogP contribution in [0.2, 0.25) is 0 Å². The standard InChI is InChI=1S/C27H30F3N3O3/c1-16-11-24(36-2)22(21-7-9-31-25(16)21)15-32-10-8-20(33-13-19(14-33)27(28,29)30)12-23(32)17-3-5-18(6-4-17)26(34)35/h3-7,9,11,19-20,23,31H,8,10,12-15H2,1-2H3,(H,34,35)/t20-,23+/m1/s1. The molecule has 0 bridgehead atoms. The molecule has 192 valence electrons. The number of aromatic nitrogens is 1. The average molecular weight is 502 g/mol. The van der Waals surface area contributed by atoms with E-state index in [1.165, 1.54) is 0 Å². The average Bonchev–Trinajstić information content (AvgIpc) is 3.30. The number of halogens is 3. The molecule has 2 aromatic carbocycles. The third-order valence-electron chi connectivity index (χ3n) is 7.81. The first-order valence-electron chi connectivity index (χ1n) is 12.2. The fourth-order valence-electron chi connectivity index (χ4n) is 5.71. The molecule has 0 unspecified atom stereocenters. The number of rotatable bonds is 6. The number of hydrogen-bond acceptors (Lipinski definition) is 4. The van der Waals surface area contributed by atoms with Crippen molar-refractivity contribution in [2.24, 2.45) is 5.92 Å². The summed E-state index contributed by atoms with van der Waals surface area (Å²) in [4.78, 5) is 19.0. The van der Waals surface area contributed by atoms with Crippen molar-refractivity contribution in [2.45, 2.75) is 44.6 Å². The molecule has 3 aromatic rings. The van der Waals surface area contributed by atoms with E-state index in [0.29, 0.717) is 19.5 Å². The number of aromatic amines is 1. The Morgan fingerprint density at radius 2 is 1.92 bits per heavy atom. The molecule has 6 nitrogen and oxygen atoms in total. The lowest BCUT2D eigenvalue weighted by atomic mass is 9.86. The molecular weight excluding hydrogens is 471 g/mol. The Morgan fingerprint density at radius 3 is 2.56 bits per heavy atom. The van der Waals surface area contributed by atoms with Crippen LogP contribution in [-0.2, 0) is 6.54 Å². The van der Waals surface area contributed by atoms with Gasteiger partial charge < -0.3 is 14.8 Å². The van der Waals surface area contributed by atoms with Crippen LogP contribution in [0.5, 0.6) is 5.75 Å². The molecule has 0 saturated carbocycles. The van der Waals surface area contributed by atoms with Crippen molar-refractivity contribution in [1.29, 1.82) is 0 Å². The van der Waals surface area contributed by atoms with E-state index >= 15 is 0 Å². The van der Waals surface area contributed by atoms with E-state index in [9.17, 15) is 23.1 Å². The number of aryl methyl sites for hydroxylation is 1. The lowest BCUT2D eigenvalue weighted by Crippen LogP contribution is -2.59. The molecule has 2 fully saturated rings. The van der Waals surface area contributed by atoms with Crippen LogP contribution >= 0.6 is 0 Å². The Labute approximate surface area is 207 Å². The molecule has 2 N–H and O–H groups in total. The fraction of sp³-hybridized carbons (Fsp3) is 0.444. The van der Waals surface area contributed by atoms with Gasteiger partial charge in [0.15, 0.2) is 0 Å². The number of nitrogens with zero attached hydrogens (tertiary/aromatic N) is 2. The number of likely N-dealkylation sites (tertiary alicyclic amines) is 2. The molecule has 2 aliphatic heterocycles. The van der Waals surface area contributed by atoms with Crippen LogP contribution < -0.4 is 4.74 Å². The zero-order valence-electron chi connectivity index (χ0n) is 20.3. The summed E-state index contributed by atoms with van der Waals surface area (Å²) in [5.41, 5.74) is 4.39. The van der Waals surface area contributed by atoms with Crippen molar-refractivity contribution >= 4 is 16.9 Å². The number of piperidine rings is 1. The maximum absolute atomic E-state index is 13.1. The Hall–Kier alpha value is -3.04. The van der Waals surface area contributed by atoms with Gasteiger partial charge in [0.1, 0.15) is 5.75 Å². The number of methoxy groups -OCH3 is 1. The molecule has 36 heavy (non-hydrogen) atoms. The molecule has 9 heteroatoms. The number of ether oxygens (including phenoxy) is 1. The summed E-state index contributed by atoms with van der Waals surface area (Å²) in [6.45, 7) is 3.46. The molecular formula is C27H30F3N3O3. The van der Waals surface area contributed by atoms with Crippen molar-refractivity contribution < 1.29 is 27.8 Å². The molecule has 1 aromatic heterocycles.